The molecule has 0 amide bonds. The second-order valence-corrected chi connectivity index (χ2v) is 4.24. The summed E-state index contributed by atoms with van der Waals surface area (Å²) in [6.45, 7) is 2.21. The van der Waals surface area contributed by atoms with Crippen LogP contribution in [0.25, 0.3) is 0 Å². The first-order chi connectivity index (χ1) is 7.20. The van der Waals surface area contributed by atoms with Gasteiger partial charge in [0.15, 0.2) is 0 Å². The first-order valence-electron chi connectivity index (χ1n) is 5.20. The topological polar surface area (TPSA) is 69.5 Å². The maximum Gasteiger partial charge on any atom is 0.268 e. The summed E-state index contributed by atoms with van der Waals surface area (Å²) in [6.07, 6.45) is 4.72. The summed E-state index contributed by atoms with van der Waals surface area (Å²) in [7, 11) is 0. The fourth-order valence-electron chi connectivity index (χ4n) is 2.15. The van der Waals surface area contributed by atoms with Crippen LogP contribution in [-0.2, 0) is 0 Å². The predicted molar refractivity (Wildman–Crippen MR) is 55.3 cm³/mol. The Morgan fingerprint density at radius 2 is 2.40 bits per heavy atom. The molecule has 1 aromatic heterocycles. The lowest BCUT2D eigenvalue weighted by atomic mass is 10.1. The van der Waals surface area contributed by atoms with Crippen LogP contribution in [0.4, 0.5) is 0 Å². The van der Waals surface area contributed by atoms with Crippen molar-refractivity contribution < 1.29 is 0 Å². The van der Waals surface area contributed by atoms with E-state index in [-0.39, 0.29) is 11.1 Å². The third kappa shape index (κ3) is 1.91. The van der Waals surface area contributed by atoms with Gasteiger partial charge in [-0.25, -0.2) is 4.98 Å². The average molecular weight is 203 g/mol. The fraction of sp³-hybridized carbons (Fsp3) is 0.545. The Labute approximate surface area is 88.0 Å². The van der Waals surface area contributed by atoms with Crippen molar-refractivity contribution in [3.63, 3.8) is 0 Å². The molecule has 1 aliphatic carbocycles. The van der Waals surface area contributed by atoms with Gasteiger partial charge in [-0.05, 0) is 25.2 Å². The number of hydrogen-bond donors (Lipinski definition) is 1. The van der Waals surface area contributed by atoms with Crippen LogP contribution < -0.4 is 5.56 Å². The molecule has 0 spiro atoms. The first kappa shape index (κ1) is 9.91. The van der Waals surface area contributed by atoms with Gasteiger partial charge in [-0.2, -0.15) is 5.26 Å². The lowest BCUT2D eigenvalue weighted by Gasteiger charge is -2.07. The molecule has 2 atom stereocenters. The van der Waals surface area contributed by atoms with Crippen molar-refractivity contribution >= 4 is 0 Å². The highest BCUT2D eigenvalue weighted by atomic mass is 16.1. The van der Waals surface area contributed by atoms with Crippen LogP contribution in [-0.4, -0.2) is 9.97 Å². The van der Waals surface area contributed by atoms with Gasteiger partial charge in [0.1, 0.15) is 17.5 Å². The van der Waals surface area contributed by atoms with Gasteiger partial charge in [-0.1, -0.05) is 6.92 Å². The molecule has 0 radical (unpaired) electrons. The first-order valence-corrected chi connectivity index (χ1v) is 5.20. The monoisotopic (exact) mass is 203 g/mol. The normalized spacial score (nSPS) is 25.1. The molecule has 1 fully saturated rings. The third-order valence-corrected chi connectivity index (χ3v) is 3.02. The Morgan fingerprint density at radius 3 is 2.93 bits per heavy atom. The smallest absolute Gasteiger partial charge is 0.268 e. The minimum absolute atomic E-state index is 0.0878. The van der Waals surface area contributed by atoms with Gasteiger partial charge >= 0.3 is 0 Å². The van der Waals surface area contributed by atoms with Crippen molar-refractivity contribution in [2.75, 3.05) is 0 Å². The zero-order valence-corrected chi connectivity index (χ0v) is 8.66. The van der Waals surface area contributed by atoms with Gasteiger partial charge in [0, 0.05) is 5.92 Å². The fourth-order valence-corrected chi connectivity index (χ4v) is 2.15. The molecule has 1 saturated carbocycles. The van der Waals surface area contributed by atoms with Crippen molar-refractivity contribution in [2.45, 2.75) is 32.1 Å². The molecule has 2 unspecified atom stereocenters. The van der Waals surface area contributed by atoms with Crippen molar-refractivity contribution in [1.29, 1.82) is 5.26 Å². The summed E-state index contributed by atoms with van der Waals surface area (Å²) >= 11 is 0. The van der Waals surface area contributed by atoms with Crippen LogP contribution >= 0.6 is 0 Å². The molecule has 1 aromatic rings. The molecule has 1 aliphatic rings. The summed E-state index contributed by atoms with van der Waals surface area (Å²) in [5, 5.41) is 8.61. The van der Waals surface area contributed by atoms with Gasteiger partial charge in [0.2, 0.25) is 0 Å². The van der Waals surface area contributed by atoms with E-state index >= 15 is 0 Å². The zero-order chi connectivity index (χ0) is 10.8. The van der Waals surface area contributed by atoms with Gasteiger partial charge in [0.25, 0.3) is 5.56 Å². The maximum absolute atomic E-state index is 11.4. The van der Waals surface area contributed by atoms with E-state index in [0.717, 1.165) is 18.7 Å². The number of aromatic nitrogens is 2. The van der Waals surface area contributed by atoms with E-state index in [4.69, 9.17) is 5.26 Å². The highest BCUT2D eigenvalue weighted by Gasteiger charge is 2.24. The summed E-state index contributed by atoms with van der Waals surface area (Å²) in [4.78, 5) is 18.2. The van der Waals surface area contributed by atoms with E-state index in [2.05, 4.69) is 16.9 Å². The largest absolute Gasteiger partial charge is 0.309 e. The van der Waals surface area contributed by atoms with Crippen molar-refractivity contribution in [3.8, 4) is 6.07 Å². The number of nitrogens with zero attached hydrogens (tertiary/aromatic N) is 2. The van der Waals surface area contributed by atoms with Gasteiger partial charge in [-0.3, -0.25) is 4.79 Å². The SMILES string of the molecule is CC1CCC(c2ncc(C#N)c(=O)[nH]2)C1. The van der Waals surface area contributed by atoms with Gasteiger partial charge in [0.05, 0.1) is 6.20 Å². The molecule has 15 heavy (non-hydrogen) atoms. The van der Waals surface area contributed by atoms with E-state index < -0.39 is 0 Å². The summed E-state index contributed by atoms with van der Waals surface area (Å²) in [5.74, 6) is 1.81. The molecule has 0 aromatic carbocycles. The number of aromatic amines is 1. The van der Waals surface area contributed by atoms with Gasteiger partial charge < -0.3 is 4.98 Å². The van der Waals surface area contributed by atoms with Crippen LogP contribution in [0.3, 0.4) is 0 Å². The summed E-state index contributed by atoms with van der Waals surface area (Å²) < 4.78 is 0. The third-order valence-electron chi connectivity index (χ3n) is 3.02. The Bertz CT molecular complexity index is 458. The predicted octanol–water partition coefficient (Wildman–Crippen LogP) is 1.55. The van der Waals surface area contributed by atoms with Crippen LogP contribution in [0, 0.1) is 17.2 Å². The second kappa shape index (κ2) is 3.85. The molecule has 4 heteroatoms. The molecule has 1 N–H and O–H groups in total. The van der Waals surface area contributed by atoms with E-state index in [9.17, 15) is 4.79 Å². The van der Waals surface area contributed by atoms with Crippen LogP contribution in [0.5, 0.6) is 0 Å². The molecule has 78 valence electrons. The van der Waals surface area contributed by atoms with Crippen molar-refractivity contribution in [1.82, 2.24) is 9.97 Å². The maximum atomic E-state index is 11.4. The summed E-state index contributed by atoms with van der Waals surface area (Å²) in [6, 6.07) is 1.82. The minimum atomic E-state index is -0.318. The van der Waals surface area contributed by atoms with E-state index in [1.807, 2.05) is 6.07 Å². The molecule has 4 nitrogen and oxygen atoms in total. The molecular weight excluding hydrogens is 190 g/mol. The zero-order valence-electron chi connectivity index (χ0n) is 8.66. The second-order valence-electron chi connectivity index (χ2n) is 4.24. The standard InChI is InChI=1S/C11H13N3O/c1-7-2-3-8(4-7)10-13-6-9(5-12)11(15)14-10/h6-8H,2-4H2,1H3,(H,13,14,15). The Hall–Kier alpha value is -1.63. The van der Waals surface area contributed by atoms with E-state index in [0.29, 0.717) is 11.8 Å². The molecule has 0 bridgehead atoms. The highest BCUT2D eigenvalue weighted by Crippen LogP contribution is 2.35. The quantitative estimate of drug-likeness (QED) is 0.752. The van der Waals surface area contributed by atoms with Crippen molar-refractivity contribution in [2.24, 2.45) is 5.92 Å². The molecule has 2 rings (SSSR count). The summed E-state index contributed by atoms with van der Waals surface area (Å²) in [5.41, 5.74) is -0.230. The number of rotatable bonds is 1. The number of nitriles is 1. The number of H-pyrrole nitrogens is 1. The lowest BCUT2D eigenvalue weighted by molar-refractivity contribution is 0.584. The highest BCUT2D eigenvalue weighted by molar-refractivity contribution is 5.22. The molecule has 0 aliphatic heterocycles. The number of hydrogen-bond acceptors (Lipinski definition) is 3. The number of nitrogens with one attached hydrogen (secondary N) is 1. The van der Waals surface area contributed by atoms with Crippen LogP contribution in [0.1, 0.15) is 43.5 Å². The minimum Gasteiger partial charge on any atom is -0.309 e. The van der Waals surface area contributed by atoms with Gasteiger partial charge in [-0.15, -0.1) is 0 Å². The Balaban J connectivity index is 2.28. The Morgan fingerprint density at radius 1 is 1.60 bits per heavy atom. The molecular formula is C11H13N3O. The van der Waals surface area contributed by atoms with E-state index in [1.54, 1.807) is 0 Å². The molecule has 0 saturated heterocycles. The van der Waals surface area contributed by atoms with Crippen LogP contribution in [0.2, 0.25) is 0 Å². The van der Waals surface area contributed by atoms with Crippen LogP contribution in [0.15, 0.2) is 11.0 Å². The average Bonchev–Trinajstić information content (AvgIpc) is 2.65. The lowest BCUT2D eigenvalue weighted by Crippen LogP contribution is -2.15. The molecule has 1 heterocycles. The van der Waals surface area contributed by atoms with Crippen molar-refractivity contribution in [3.05, 3.63) is 27.9 Å². The Kier molecular flexibility index (Phi) is 2.55. The van der Waals surface area contributed by atoms with E-state index in [1.165, 1.54) is 12.6 Å².